The molecule has 0 aliphatic carbocycles. The second-order valence-corrected chi connectivity index (χ2v) is 6.19. The zero-order valence-corrected chi connectivity index (χ0v) is 13.4. The summed E-state index contributed by atoms with van der Waals surface area (Å²) in [6, 6.07) is 0.511. The maximum atomic E-state index is 5.68. The van der Waals surface area contributed by atoms with Gasteiger partial charge in [-0.15, -0.1) is 0 Å². The second kappa shape index (κ2) is 7.23. The molecule has 1 saturated heterocycles. The zero-order chi connectivity index (χ0) is 14.5. The monoisotopic (exact) mass is 279 g/mol. The van der Waals surface area contributed by atoms with Gasteiger partial charge in [0, 0.05) is 37.0 Å². The normalized spacial score (nSPS) is 19.1. The first-order valence-corrected chi connectivity index (χ1v) is 7.95. The van der Waals surface area contributed by atoms with E-state index in [9.17, 15) is 0 Å². The first-order chi connectivity index (χ1) is 9.58. The highest BCUT2D eigenvalue weighted by molar-refractivity contribution is 5.24. The van der Waals surface area contributed by atoms with Gasteiger partial charge in [0.15, 0.2) is 0 Å². The van der Waals surface area contributed by atoms with Crippen LogP contribution < -0.4 is 5.32 Å². The van der Waals surface area contributed by atoms with Gasteiger partial charge in [-0.3, -0.25) is 4.68 Å². The van der Waals surface area contributed by atoms with Crippen LogP contribution in [-0.4, -0.2) is 28.5 Å². The van der Waals surface area contributed by atoms with E-state index in [1.165, 1.54) is 24.1 Å². The molecule has 20 heavy (non-hydrogen) atoms. The molecule has 2 rings (SSSR count). The summed E-state index contributed by atoms with van der Waals surface area (Å²) < 4.78 is 7.84. The minimum Gasteiger partial charge on any atom is -0.378 e. The van der Waals surface area contributed by atoms with Crippen LogP contribution in [0.15, 0.2) is 0 Å². The molecule has 1 N–H and O–H groups in total. The van der Waals surface area contributed by atoms with Gasteiger partial charge in [-0.25, -0.2) is 0 Å². The summed E-state index contributed by atoms with van der Waals surface area (Å²) in [4.78, 5) is 0. The third-order valence-electron chi connectivity index (χ3n) is 4.14. The maximum absolute atomic E-state index is 5.68. The number of hydrogen-bond donors (Lipinski definition) is 1. The Labute approximate surface area is 122 Å². The van der Waals surface area contributed by atoms with Gasteiger partial charge < -0.3 is 10.1 Å². The van der Waals surface area contributed by atoms with Crippen LogP contribution in [0.2, 0.25) is 0 Å². The SMILES string of the molecule is Cc1nn(CCCC2CCCO2)c(C)c1CNC(C)C. The summed E-state index contributed by atoms with van der Waals surface area (Å²) in [5, 5.41) is 8.17. The van der Waals surface area contributed by atoms with Gasteiger partial charge in [-0.1, -0.05) is 13.8 Å². The summed E-state index contributed by atoms with van der Waals surface area (Å²) in [5.41, 5.74) is 3.83. The van der Waals surface area contributed by atoms with Gasteiger partial charge in [0.25, 0.3) is 0 Å². The molecule has 1 unspecified atom stereocenters. The summed E-state index contributed by atoms with van der Waals surface area (Å²) >= 11 is 0. The third kappa shape index (κ3) is 4.06. The maximum Gasteiger partial charge on any atom is 0.0641 e. The lowest BCUT2D eigenvalue weighted by atomic mass is 10.1. The molecule has 4 nitrogen and oxygen atoms in total. The topological polar surface area (TPSA) is 39.1 Å². The van der Waals surface area contributed by atoms with Crippen LogP contribution >= 0.6 is 0 Å². The predicted octanol–water partition coefficient (Wildman–Crippen LogP) is 2.96. The zero-order valence-electron chi connectivity index (χ0n) is 13.4. The van der Waals surface area contributed by atoms with Crippen molar-refractivity contribution in [3.8, 4) is 0 Å². The van der Waals surface area contributed by atoms with Crippen molar-refractivity contribution >= 4 is 0 Å². The van der Waals surface area contributed by atoms with E-state index in [1.807, 2.05) is 0 Å². The number of rotatable bonds is 7. The van der Waals surface area contributed by atoms with E-state index in [1.54, 1.807) is 0 Å². The molecule has 0 spiro atoms. The van der Waals surface area contributed by atoms with Crippen molar-refractivity contribution in [3.05, 3.63) is 17.0 Å². The Morgan fingerprint density at radius 2 is 2.20 bits per heavy atom. The van der Waals surface area contributed by atoms with Crippen molar-refractivity contribution in [2.75, 3.05) is 6.61 Å². The molecule has 0 bridgehead atoms. The third-order valence-corrected chi connectivity index (χ3v) is 4.14. The molecule has 0 saturated carbocycles. The van der Waals surface area contributed by atoms with Crippen molar-refractivity contribution < 1.29 is 4.74 Å². The summed E-state index contributed by atoms with van der Waals surface area (Å²) in [5.74, 6) is 0. The number of aromatic nitrogens is 2. The highest BCUT2D eigenvalue weighted by atomic mass is 16.5. The molecule has 2 heterocycles. The average Bonchev–Trinajstić information content (AvgIpc) is 2.98. The lowest BCUT2D eigenvalue weighted by molar-refractivity contribution is 0.101. The average molecular weight is 279 g/mol. The second-order valence-electron chi connectivity index (χ2n) is 6.19. The van der Waals surface area contributed by atoms with E-state index in [0.29, 0.717) is 12.1 Å². The Bertz CT molecular complexity index is 420. The molecule has 0 aromatic carbocycles. The first kappa shape index (κ1) is 15.5. The summed E-state index contributed by atoms with van der Waals surface area (Å²) in [6.07, 6.45) is 5.28. The molecule has 4 heteroatoms. The smallest absolute Gasteiger partial charge is 0.0641 e. The molecule has 114 valence electrons. The van der Waals surface area contributed by atoms with Gasteiger partial charge >= 0.3 is 0 Å². The quantitative estimate of drug-likeness (QED) is 0.834. The fraction of sp³-hybridized carbons (Fsp3) is 0.812. The Kier molecular flexibility index (Phi) is 5.61. The predicted molar refractivity (Wildman–Crippen MR) is 81.9 cm³/mol. The van der Waals surface area contributed by atoms with Crippen molar-refractivity contribution in [3.63, 3.8) is 0 Å². The van der Waals surface area contributed by atoms with Crippen LogP contribution in [0, 0.1) is 13.8 Å². The number of nitrogens with zero attached hydrogens (tertiary/aromatic N) is 2. The van der Waals surface area contributed by atoms with Crippen LogP contribution in [0.25, 0.3) is 0 Å². The van der Waals surface area contributed by atoms with E-state index >= 15 is 0 Å². The van der Waals surface area contributed by atoms with E-state index in [4.69, 9.17) is 4.74 Å². The number of aryl methyl sites for hydroxylation is 2. The van der Waals surface area contributed by atoms with Gasteiger partial charge in [-0.2, -0.15) is 5.10 Å². The summed E-state index contributed by atoms with van der Waals surface area (Å²) in [7, 11) is 0. The molecular weight excluding hydrogens is 250 g/mol. The molecule has 1 aromatic heterocycles. The van der Waals surface area contributed by atoms with Crippen LogP contribution in [0.3, 0.4) is 0 Å². The minimum atomic E-state index is 0.494. The Hall–Kier alpha value is -0.870. The van der Waals surface area contributed by atoms with Crippen LogP contribution in [0.5, 0.6) is 0 Å². The van der Waals surface area contributed by atoms with Crippen molar-refractivity contribution in [1.82, 2.24) is 15.1 Å². The van der Waals surface area contributed by atoms with Gasteiger partial charge in [0.2, 0.25) is 0 Å². The Morgan fingerprint density at radius 3 is 2.85 bits per heavy atom. The van der Waals surface area contributed by atoms with Crippen LogP contribution in [0.4, 0.5) is 0 Å². The van der Waals surface area contributed by atoms with E-state index in [2.05, 4.69) is 42.8 Å². The van der Waals surface area contributed by atoms with E-state index in [0.717, 1.165) is 38.2 Å². The highest BCUT2D eigenvalue weighted by Gasteiger charge is 2.16. The van der Waals surface area contributed by atoms with Crippen LogP contribution in [-0.2, 0) is 17.8 Å². The minimum absolute atomic E-state index is 0.494. The molecule has 0 amide bonds. The fourth-order valence-electron chi connectivity index (χ4n) is 2.85. The van der Waals surface area contributed by atoms with Gasteiger partial charge in [0.1, 0.15) is 0 Å². The number of ether oxygens (including phenoxy) is 1. The largest absolute Gasteiger partial charge is 0.378 e. The molecule has 1 fully saturated rings. The van der Waals surface area contributed by atoms with Gasteiger partial charge in [-0.05, 0) is 39.5 Å². The number of nitrogens with one attached hydrogen (secondary N) is 1. The van der Waals surface area contributed by atoms with Crippen molar-refractivity contribution in [2.24, 2.45) is 0 Å². The lowest BCUT2D eigenvalue weighted by Crippen LogP contribution is -2.22. The van der Waals surface area contributed by atoms with E-state index in [-0.39, 0.29) is 0 Å². The molecule has 1 atom stereocenters. The fourth-order valence-corrected chi connectivity index (χ4v) is 2.85. The summed E-state index contributed by atoms with van der Waals surface area (Å²) in [6.45, 7) is 11.5. The molecule has 1 aromatic rings. The van der Waals surface area contributed by atoms with E-state index < -0.39 is 0 Å². The lowest BCUT2D eigenvalue weighted by Gasteiger charge is -2.10. The molecule has 1 aliphatic rings. The molecular formula is C16H29N3O. The standard InChI is InChI=1S/C16H29N3O/c1-12(2)17-11-16-13(3)18-19(14(16)4)9-5-7-15-8-6-10-20-15/h12,15,17H,5-11H2,1-4H3. The van der Waals surface area contributed by atoms with Crippen LogP contribution in [0.1, 0.15) is 56.5 Å². The number of hydrogen-bond acceptors (Lipinski definition) is 3. The Morgan fingerprint density at radius 1 is 1.40 bits per heavy atom. The van der Waals surface area contributed by atoms with Gasteiger partial charge in [0.05, 0.1) is 11.8 Å². The highest BCUT2D eigenvalue weighted by Crippen LogP contribution is 2.18. The van der Waals surface area contributed by atoms with Crippen molar-refractivity contribution in [1.29, 1.82) is 0 Å². The first-order valence-electron chi connectivity index (χ1n) is 7.95. The Balaban J connectivity index is 1.86. The molecule has 1 aliphatic heterocycles. The van der Waals surface area contributed by atoms with Crippen molar-refractivity contribution in [2.45, 2.75) is 78.6 Å². The molecule has 0 radical (unpaired) electrons.